The number of rotatable bonds is 5. The van der Waals surface area contributed by atoms with E-state index in [2.05, 4.69) is 5.32 Å². The summed E-state index contributed by atoms with van der Waals surface area (Å²) in [6.07, 6.45) is -3.51. The van der Waals surface area contributed by atoms with Gasteiger partial charge in [-0.25, -0.2) is 0 Å². The number of aromatic nitrogens is 1. The van der Waals surface area contributed by atoms with Gasteiger partial charge < -0.3 is 15.0 Å². The highest BCUT2D eigenvalue weighted by atomic mass is 35.5. The van der Waals surface area contributed by atoms with Crippen LogP contribution in [0, 0.1) is 0 Å². The largest absolute Gasteiger partial charge is 0.416 e. The van der Waals surface area contributed by atoms with E-state index in [1.807, 2.05) is 34.9 Å². The Morgan fingerprint density at radius 2 is 1.81 bits per heavy atom. The molecule has 2 aromatic carbocycles. The highest BCUT2D eigenvalue weighted by Gasteiger charge is 2.32. The van der Waals surface area contributed by atoms with Gasteiger partial charge in [0.15, 0.2) is 0 Å². The van der Waals surface area contributed by atoms with Crippen LogP contribution in [-0.4, -0.2) is 29.4 Å². The van der Waals surface area contributed by atoms with Crippen molar-refractivity contribution >= 4 is 23.3 Å². The molecule has 0 radical (unpaired) electrons. The number of aliphatic hydroxyl groups is 1. The van der Waals surface area contributed by atoms with Crippen molar-refractivity contribution in [1.29, 1.82) is 0 Å². The van der Waals surface area contributed by atoms with Crippen LogP contribution in [-0.2, 0) is 6.18 Å². The zero-order valence-corrected chi connectivity index (χ0v) is 14.9. The molecule has 0 spiro atoms. The van der Waals surface area contributed by atoms with Gasteiger partial charge in [-0.2, -0.15) is 13.2 Å². The Bertz CT molecular complexity index is 863. The number of aliphatic hydroxyl groups excluding tert-OH is 1. The van der Waals surface area contributed by atoms with Gasteiger partial charge in [0.1, 0.15) is 0 Å². The summed E-state index contributed by atoms with van der Waals surface area (Å²) in [7, 11) is 1.69. The Labute approximate surface area is 155 Å². The number of halogens is 4. The summed E-state index contributed by atoms with van der Waals surface area (Å²) in [5.74, 6) is 0. The molecule has 0 fully saturated rings. The highest BCUT2D eigenvalue weighted by Crippen LogP contribution is 2.33. The summed E-state index contributed by atoms with van der Waals surface area (Å²) in [6.45, 7) is 0.257. The summed E-state index contributed by atoms with van der Waals surface area (Å²) >= 11 is 0. The first-order valence-corrected chi connectivity index (χ1v) is 7.97. The summed E-state index contributed by atoms with van der Waals surface area (Å²) in [4.78, 5) is 0. The van der Waals surface area contributed by atoms with Crippen LogP contribution in [0.2, 0.25) is 0 Å². The number of hydrogen-bond donors (Lipinski definition) is 2. The molecule has 0 saturated heterocycles. The van der Waals surface area contributed by atoms with Crippen LogP contribution >= 0.6 is 12.4 Å². The molecule has 2 N–H and O–H groups in total. The van der Waals surface area contributed by atoms with Crippen LogP contribution in [0.1, 0.15) is 17.2 Å². The quantitative estimate of drug-likeness (QED) is 0.690. The van der Waals surface area contributed by atoms with Gasteiger partial charge in [0.05, 0.1) is 17.7 Å². The topological polar surface area (TPSA) is 37.2 Å². The minimum absolute atomic E-state index is 0. The molecule has 26 heavy (non-hydrogen) atoms. The molecule has 0 aliphatic carbocycles. The molecular formula is C19H20ClF3N2O. The molecule has 3 nitrogen and oxygen atoms in total. The second kappa shape index (κ2) is 8.12. The second-order valence-electron chi connectivity index (χ2n) is 5.97. The van der Waals surface area contributed by atoms with E-state index in [9.17, 15) is 18.3 Å². The van der Waals surface area contributed by atoms with Crippen LogP contribution in [0.15, 0.2) is 60.8 Å². The third kappa shape index (κ3) is 4.03. The van der Waals surface area contributed by atoms with Crippen LogP contribution in [0.3, 0.4) is 0 Å². The summed E-state index contributed by atoms with van der Waals surface area (Å²) in [6, 6.07) is 14.0. The molecule has 2 atom stereocenters. The molecule has 0 aliphatic heterocycles. The van der Waals surface area contributed by atoms with Gasteiger partial charge in [-0.1, -0.05) is 30.3 Å². The monoisotopic (exact) mass is 384 g/mol. The molecule has 0 amide bonds. The minimum atomic E-state index is -4.42. The van der Waals surface area contributed by atoms with E-state index in [4.69, 9.17) is 0 Å². The van der Waals surface area contributed by atoms with Crippen molar-refractivity contribution in [3.8, 4) is 0 Å². The average Bonchev–Trinajstić information content (AvgIpc) is 2.99. The highest BCUT2D eigenvalue weighted by molar-refractivity contribution is 5.85. The van der Waals surface area contributed by atoms with Crippen molar-refractivity contribution < 1.29 is 18.3 Å². The predicted octanol–water partition coefficient (Wildman–Crippen LogP) is 4.25. The van der Waals surface area contributed by atoms with Gasteiger partial charge in [-0.3, -0.25) is 0 Å². The average molecular weight is 385 g/mol. The number of alkyl halides is 3. The van der Waals surface area contributed by atoms with Crippen molar-refractivity contribution in [2.24, 2.45) is 0 Å². The van der Waals surface area contributed by atoms with E-state index in [0.717, 1.165) is 23.0 Å². The maximum Gasteiger partial charge on any atom is 0.416 e. The lowest BCUT2D eigenvalue weighted by molar-refractivity contribution is -0.137. The standard InChI is InChI=1S/C19H19F3N2O.ClH/c1-23-12-17(25)18(14-6-4-7-15(11-14)19(20,21)22)24-10-9-13-5-2-3-8-16(13)24;/h2-11,17-18,23,25H,12H2,1H3;1H/t17-,18+;/m1./s1. The number of hydrogen-bond acceptors (Lipinski definition) is 2. The lowest BCUT2D eigenvalue weighted by Gasteiger charge is -2.26. The SMILES string of the molecule is CNC[C@@H](O)[C@H](c1cccc(C(F)(F)F)c1)n1ccc2ccccc21.Cl. The van der Waals surface area contributed by atoms with Crippen molar-refractivity contribution in [3.63, 3.8) is 0 Å². The van der Waals surface area contributed by atoms with Crippen molar-refractivity contribution in [1.82, 2.24) is 9.88 Å². The Hall–Kier alpha value is -2.02. The summed E-state index contributed by atoms with van der Waals surface area (Å²) in [5.41, 5.74) is 0.558. The summed E-state index contributed by atoms with van der Waals surface area (Å²) < 4.78 is 41.1. The molecule has 0 unspecified atom stereocenters. The van der Waals surface area contributed by atoms with E-state index >= 15 is 0 Å². The molecule has 7 heteroatoms. The number of nitrogens with one attached hydrogen (secondary N) is 1. The molecule has 140 valence electrons. The van der Waals surface area contributed by atoms with Gasteiger partial charge in [-0.15, -0.1) is 12.4 Å². The van der Waals surface area contributed by atoms with E-state index < -0.39 is 23.9 Å². The fourth-order valence-electron chi connectivity index (χ4n) is 3.13. The normalized spacial score (nSPS) is 14.0. The smallest absolute Gasteiger partial charge is 0.389 e. The van der Waals surface area contributed by atoms with E-state index in [1.54, 1.807) is 19.3 Å². The van der Waals surface area contributed by atoms with E-state index in [1.165, 1.54) is 6.07 Å². The number of likely N-dealkylation sites (N-methyl/N-ethyl adjacent to an activating group) is 1. The Morgan fingerprint density at radius 1 is 1.08 bits per heavy atom. The molecule has 1 aromatic heterocycles. The van der Waals surface area contributed by atoms with E-state index in [-0.39, 0.29) is 19.0 Å². The number of benzene rings is 2. The Kier molecular flexibility index (Phi) is 6.34. The Morgan fingerprint density at radius 3 is 2.50 bits per heavy atom. The minimum Gasteiger partial charge on any atom is -0.389 e. The first kappa shape index (κ1) is 20.3. The predicted molar refractivity (Wildman–Crippen MR) is 98.7 cm³/mol. The zero-order valence-electron chi connectivity index (χ0n) is 14.1. The fraction of sp³-hybridized carbons (Fsp3) is 0.263. The maximum absolute atomic E-state index is 13.1. The lowest BCUT2D eigenvalue weighted by atomic mass is 9.98. The fourth-order valence-corrected chi connectivity index (χ4v) is 3.13. The first-order valence-electron chi connectivity index (χ1n) is 7.97. The van der Waals surface area contributed by atoms with Crippen LogP contribution < -0.4 is 5.32 Å². The molecule has 0 bridgehead atoms. The Balaban J connectivity index is 0.00000243. The van der Waals surface area contributed by atoms with Crippen LogP contribution in [0.4, 0.5) is 13.2 Å². The molecule has 3 aromatic rings. The summed E-state index contributed by atoms with van der Waals surface area (Å²) in [5, 5.41) is 14.5. The first-order chi connectivity index (χ1) is 11.9. The van der Waals surface area contributed by atoms with Crippen LogP contribution in [0.5, 0.6) is 0 Å². The molecule has 1 heterocycles. The van der Waals surface area contributed by atoms with Gasteiger partial charge >= 0.3 is 6.18 Å². The number of para-hydroxylation sites is 1. The van der Waals surface area contributed by atoms with Crippen molar-refractivity contribution in [2.45, 2.75) is 18.3 Å². The second-order valence-corrected chi connectivity index (χ2v) is 5.97. The van der Waals surface area contributed by atoms with Crippen molar-refractivity contribution in [2.75, 3.05) is 13.6 Å². The molecule has 0 aliphatic rings. The zero-order chi connectivity index (χ0) is 18.0. The lowest BCUT2D eigenvalue weighted by Crippen LogP contribution is -2.33. The van der Waals surface area contributed by atoms with Crippen molar-refractivity contribution in [3.05, 3.63) is 71.9 Å². The maximum atomic E-state index is 13.1. The number of nitrogens with zero attached hydrogens (tertiary/aromatic N) is 1. The van der Waals surface area contributed by atoms with Gasteiger partial charge in [0.2, 0.25) is 0 Å². The van der Waals surface area contributed by atoms with E-state index in [0.29, 0.717) is 5.56 Å². The third-order valence-corrected chi connectivity index (χ3v) is 4.26. The van der Waals surface area contributed by atoms with Crippen LogP contribution in [0.25, 0.3) is 10.9 Å². The molecule has 0 saturated carbocycles. The number of fused-ring (bicyclic) bond motifs is 1. The van der Waals surface area contributed by atoms with Gasteiger partial charge in [0, 0.05) is 18.3 Å². The van der Waals surface area contributed by atoms with Gasteiger partial charge in [0.25, 0.3) is 0 Å². The molecular weight excluding hydrogens is 365 g/mol. The van der Waals surface area contributed by atoms with Gasteiger partial charge in [-0.05, 0) is 42.3 Å². The molecule has 3 rings (SSSR count). The third-order valence-electron chi connectivity index (χ3n) is 4.26.